The molecule has 0 radical (unpaired) electrons. The molecular weight excluding hydrogens is 394 g/mol. The van der Waals surface area contributed by atoms with Crippen LogP contribution >= 0.6 is 11.6 Å². The van der Waals surface area contributed by atoms with Gasteiger partial charge in [-0.3, -0.25) is 14.0 Å². The largest absolute Gasteiger partial charge is 0.454 e. The van der Waals surface area contributed by atoms with Crippen molar-refractivity contribution in [1.82, 2.24) is 19.3 Å². The molecule has 0 N–H and O–H groups in total. The second-order valence-electron chi connectivity index (χ2n) is 7.00. The van der Waals surface area contributed by atoms with Crippen molar-refractivity contribution < 1.29 is 9.53 Å². The van der Waals surface area contributed by atoms with Crippen molar-refractivity contribution >= 4 is 28.5 Å². The van der Waals surface area contributed by atoms with E-state index in [1.807, 2.05) is 19.9 Å². The van der Waals surface area contributed by atoms with Crippen LogP contribution in [0.3, 0.4) is 0 Å². The predicted octanol–water partition coefficient (Wildman–Crippen LogP) is 3.09. The van der Waals surface area contributed by atoms with Crippen LogP contribution in [-0.4, -0.2) is 25.3 Å². The predicted molar refractivity (Wildman–Crippen MR) is 108 cm³/mol. The minimum absolute atomic E-state index is 0.183. The van der Waals surface area contributed by atoms with Gasteiger partial charge < -0.3 is 4.74 Å². The molecule has 150 valence electrons. The Morgan fingerprint density at radius 2 is 2.07 bits per heavy atom. The summed E-state index contributed by atoms with van der Waals surface area (Å²) in [6.07, 6.45) is 0. The molecule has 0 atom stereocenters. The quantitative estimate of drug-likeness (QED) is 0.575. The fraction of sp³-hybridized carbons (Fsp3) is 0.350. The highest BCUT2D eigenvalue weighted by molar-refractivity contribution is 6.32. The third-order valence-electron chi connectivity index (χ3n) is 4.31. The maximum atomic E-state index is 12.7. The van der Waals surface area contributed by atoms with Crippen LogP contribution in [0.25, 0.3) is 10.9 Å². The zero-order chi connectivity index (χ0) is 21.1. The molecule has 0 spiro atoms. The Hall–Kier alpha value is -3.18. The van der Waals surface area contributed by atoms with Gasteiger partial charge in [0.25, 0.3) is 5.56 Å². The molecule has 3 aromatic rings. The third kappa shape index (κ3) is 4.15. The van der Waals surface area contributed by atoms with E-state index in [0.29, 0.717) is 29.1 Å². The number of para-hydroxylation sites is 1. The summed E-state index contributed by atoms with van der Waals surface area (Å²) in [4.78, 5) is 29.7. The van der Waals surface area contributed by atoms with Crippen molar-refractivity contribution in [2.45, 2.75) is 40.5 Å². The molecule has 1 aromatic carbocycles. The van der Waals surface area contributed by atoms with E-state index in [4.69, 9.17) is 21.6 Å². The van der Waals surface area contributed by atoms with Crippen LogP contribution in [-0.2, 0) is 24.4 Å². The zero-order valence-electron chi connectivity index (χ0n) is 16.3. The lowest BCUT2D eigenvalue weighted by atomic mass is 10.2. The first-order valence-corrected chi connectivity index (χ1v) is 9.46. The van der Waals surface area contributed by atoms with Gasteiger partial charge in [-0.1, -0.05) is 37.6 Å². The Kier molecular flexibility index (Phi) is 5.99. The summed E-state index contributed by atoms with van der Waals surface area (Å²) in [7, 11) is 0. The summed E-state index contributed by atoms with van der Waals surface area (Å²) in [6.45, 7) is 5.82. The molecule has 0 fully saturated rings. The number of benzene rings is 1. The minimum atomic E-state index is -0.659. The summed E-state index contributed by atoms with van der Waals surface area (Å²) < 4.78 is 8.14. The van der Waals surface area contributed by atoms with Gasteiger partial charge in [0.1, 0.15) is 23.9 Å². The van der Waals surface area contributed by atoms with E-state index in [0.717, 1.165) is 0 Å². The van der Waals surface area contributed by atoms with Gasteiger partial charge in [0.15, 0.2) is 5.82 Å². The lowest BCUT2D eigenvalue weighted by Crippen LogP contribution is -2.26. The SMILES string of the molecule is Cc1nn(CC(C)C)c(Cl)c1C(=O)OCc1nc2ccccc2c(=O)n1CC#N. The van der Waals surface area contributed by atoms with Crippen LogP contribution in [0.5, 0.6) is 0 Å². The highest BCUT2D eigenvalue weighted by atomic mass is 35.5. The van der Waals surface area contributed by atoms with Crippen LogP contribution in [0.1, 0.15) is 35.7 Å². The number of carbonyl (C=O) groups is 1. The fourth-order valence-corrected chi connectivity index (χ4v) is 3.33. The highest BCUT2D eigenvalue weighted by Gasteiger charge is 2.23. The molecule has 0 saturated carbocycles. The monoisotopic (exact) mass is 413 g/mol. The van der Waals surface area contributed by atoms with E-state index >= 15 is 0 Å². The average Bonchev–Trinajstić information content (AvgIpc) is 2.95. The smallest absolute Gasteiger partial charge is 0.343 e. The van der Waals surface area contributed by atoms with Gasteiger partial charge in [-0.25, -0.2) is 9.78 Å². The van der Waals surface area contributed by atoms with Crippen molar-refractivity contribution in [3.63, 3.8) is 0 Å². The van der Waals surface area contributed by atoms with Gasteiger partial charge in [-0.15, -0.1) is 0 Å². The van der Waals surface area contributed by atoms with Crippen molar-refractivity contribution in [2.75, 3.05) is 0 Å². The molecule has 0 unspecified atom stereocenters. The van der Waals surface area contributed by atoms with Gasteiger partial charge in [0, 0.05) is 6.54 Å². The first-order chi connectivity index (χ1) is 13.8. The molecule has 0 aliphatic rings. The van der Waals surface area contributed by atoms with Gasteiger partial charge in [0.2, 0.25) is 0 Å². The fourth-order valence-electron chi connectivity index (χ4n) is 3.01. The van der Waals surface area contributed by atoms with E-state index in [9.17, 15) is 9.59 Å². The van der Waals surface area contributed by atoms with Crippen molar-refractivity contribution in [3.05, 3.63) is 56.9 Å². The highest BCUT2D eigenvalue weighted by Crippen LogP contribution is 2.22. The van der Waals surface area contributed by atoms with Crippen LogP contribution in [0.4, 0.5) is 0 Å². The molecule has 2 aromatic heterocycles. The molecule has 0 bridgehead atoms. The summed E-state index contributed by atoms with van der Waals surface area (Å²) >= 11 is 6.32. The molecule has 2 heterocycles. The Morgan fingerprint density at radius 1 is 1.34 bits per heavy atom. The molecule has 0 amide bonds. The van der Waals surface area contributed by atoms with Crippen LogP contribution in [0.2, 0.25) is 5.15 Å². The van der Waals surface area contributed by atoms with Crippen LogP contribution in [0.15, 0.2) is 29.1 Å². The van der Waals surface area contributed by atoms with Crippen LogP contribution < -0.4 is 5.56 Å². The number of halogens is 1. The van der Waals surface area contributed by atoms with Gasteiger partial charge in [-0.05, 0) is 25.0 Å². The minimum Gasteiger partial charge on any atom is -0.454 e. The third-order valence-corrected chi connectivity index (χ3v) is 4.69. The summed E-state index contributed by atoms with van der Waals surface area (Å²) in [5, 5.41) is 14.0. The number of carbonyl (C=O) groups excluding carboxylic acids is 1. The van der Waals surface area contributed by atoms with Gasteiger partial charge >= 0.3 is 5.97 Å². The average molecular weight is 414 g/mol. The molecular formula is C20H20ClN5O3. The summed E-state index contributed by atoms with van der Waals surface area (Å²) in [6, 6.07) is 8.75. The lowest BCUT2D eigenvalue weighted by molar-refractivity contribution is 0.0456. The number of fused-ring (bicyclic) bond motifs is 1. The number of aryl methyl sites for hydroxylation is 1. The van der Waals surface area contributed by atoms with Gasteiger partial charge in [0.05, 0.1) is 22.7 Å². The zero-order valence-corrected chi connectivity index (χ0v) is 17.1. The van der Waals surface area contributed by atoms with Crippen molar-refractivity contribution in [2.24, 2.45) is 5.92 Å². The molecule has 0 aliphatic heterocycles. The molecule has 0 aliphatic carbocycles. The standard InChI is InChI=1S/C20H20ClN5O3/c1-12(2)10-26-18(21)17(13(3)24-26)20(28)29-11-16-23-15-7-5-4-6-14(15)19(27)25(16)9-8-22/h4-7,12H,9-11H2,1-3H3. The number of ether oxygens (including phenoxy) is 1. The maximum absolute atomic E-state index is 12.7. The summed E-state index contributed by atoms with van der Waals surface area (Å²) in [5.74, 6) is -0.168. The lowest BCUT2D eigenvalue weighted by Gasteiger charge is -2.11. The Balaban J connectivity index is 1.90. The van der Waals surface area contributed by atoms with E-state index in [2.05, 4.69) is 10.1 Å². The molecule has 29 heavy (non-hydrogen) atoms. The number of aromatic nitrogens is 4. The first-order valence-electron chi connectivity index (χ1n) is 9.09. The van der Waals surface area contributed by atoms with Crippen LogP contribution in [0, 0.1) is 24.2 Å². The number of hydrogen-bond donors (Lipinski definition) is 0. The number of nitrogens with zero attached hydrogens (tertiary/aromatic N) is 5. The molecule has 3 rings (SSSR count). The number of hydrogen-bond acceptors (Lipinski definition) is 6. The number of rotatable bonds is 6. The normalized spacial score (nSPS) is 11.0. The van der Waals surface area contributed by atoms with Crippen molar-refractivity contribution in [3.8, 4) is 6.07 Å². The first kappa shape index (κ1) is 20.6. The molecule has 8 nitrogen and oxygen atoms in total. The maximum Gasteiger partial charge on any atom is 0.343 e. The van der Waals surface area contributed by atoms with E-state index in [1.165, 1.54) is 4.57 Å². The number of esters is 1. The topological polar surface area (TPSA) is 103 Å². The van der Waals surface area contributed by atoms with E-state index < -0.39 is 5.97 Å². The Morgan fingerprint density at radius 3 is 2.76 bits per heavy atom. The number of nitriles is 1. The summed E-state index contributed by atoms with van der Waals surface area (Å²) in [5.41, 5.74) is 0.752. The molecule has 9 heteroatoms. The molecule has 0 saturated heterocycles. The van der Waals surface area contributed by atoms with Gasteiger partial charge in [-0.2, -0.15) is 10.4 Å². The Bertz CT molecular complexity index is 1170. The van der Waals surface area contributed by atoms with Crippen molar-refractivity contribution in [1.29, 1.82) is 5.26 Å². The second-order valence-corrected chi connectivity index (χ2v) is 7.36. The van der Waals surface area contributed by atoms with E-state index in [-0.39, 0.29) is 35.3 Å². The second kappa shape index (κ2) is 8.45. The Labute approximate surface area is 172 Å². The van der Waals surface area contributed by atoms with E-state index in [1.54, 1.807) is 35.9 Å².